The average molecular weight is 305 g/mol. The fraction of sp³-hybridized carbons (Fsp3) is 0.111. The highest BCUT2D eigenvalue weighted by molar-refractivity contribution is 9.10. The zero-order valence-corrected chi connectivity index (χ0v) is 10.9. The van der Waals surface area contributed by atoms with Crippen LogP contribution < -0.4 is 21.0 Å². The van der Waals surface area contributed by atoms with Crippen LogP contribution in [0.25, 0.3) is 0 Å². The van der Waals surface area contributed by atoms with E-state index in [1.165, 1.54) is 7.11 Å². The molecule has 0 spiro atoms. The van der Waals surface area contributed by atoms with Crippen LogP contribution in [0.1, 0.15) is 5.56 Å². The zero-order valence-electron chi connectivity index (χ0n) is 8.45. The minimum Gasteiger partial charge on any atom is -0.503 e. The number of hydrazone groups is 1. The predicted octanol–water partition coefficient (Wildman–Crippen LogP) is -0.589. The third-order valence-electron chi connectivity index (χ3n) is 1.70. The number of ether oxygens (including phenoxy) is 1. The van der Waals surface area contributed by atoms with E-state index in [0.29, 0.717) is 10.2 Å². The van der Waals surface area contributed by atoms with Crippen LogP contribution in [0.15, 0.2) is 16.6 Å². The summed E-state index contributed by atoms with van der Waals surface area (Å²) in [4.78, 5) is 0. The van der Waals surface area contributed by atoms with Gasteiger partial charge >= 0.3 is 0 Å². The number of aromatic hydroxyl groups is 1. The van der Waals surface area contributed by atoms with Gasteiger partial charge in [0.05, 0.1) is 11.6 Å². The Kier molecular flexibility index (Phi) is 4.51. The highest BCUT2D eigenvalue weighted by Crippen LogP contribution is 2.34. The summed E-state index contributed by atoms with van der Waals surface area (Å²) in [5, 5.41) is 12.4. The number of nitrogens with one attached hydrogen (secondary N) is 2. The van der Waals surface area contributed by atoms with Gasteiger partial charge in [0.1, 0.15) is 0 Å². The number of benzene rings is 1. The molecule has 0 saturated carbocycles. The third kappa shape index (κ3) is 3.35. The third-order valence-corrected chi connectivity index (χ3v) is 2.41. The minimum atomic E-state index is 0.0574. The standard InChI is InChI=1S/C9H10BrN3O2S/c1-15-7-3-5(2-6(10)8(7)14)4-12-13-9(11)16/h2-4,14H,1H3,(H3,11,13,16)/p+1. The molecule has 1 aromatic carbocycles. The number of methoxy groups -OCH3 is 1. The van der Waals surface area contributed by atoms with Gasteiger partial charge in [-0.3, -0.25) is 0 Å². The Morgan fingerprint density at radius 3 is 2.94 bits per heavy atom. The number of halogens is 1. The van der Waals surface area contributed by atoms with Gasteiger partial charge in [-0.1, -0.05) is 0 Å². The van der Waals surface area contributed by atoms with Crippen molar-refractivity contribution in [3.8, 4) is 11.5 Å². The van der Waals surface area contributed by atoms with Crippen molar-refractivity contribution in [1.82, 2.24) is 5.43 Å². The molecule has 5 N–H and O–H groups in total. The van der Waals surface area contributed by atoms with Crippen LogP contribution in [0.5, 0.6) is 11.5 Å². The summed E-state index contributed by atoms with van der Waals surface area (Å²) < 4.78 is 5.53. The van der Waals surface area contributed by atoms with Gasteiger partial charge in [-0.15, -0.1) is 10.5 Å². The quantitative estimate of drug-likeness (QED) is 0.341. The van der Waals surface area contributed by atoms with Crippen molar-refractivity contribution in [2.24, 2.45) is 5.73 Å². The smallest absolute Gasteiger partial charge is 0.221 e. The summed E-state index contributed by atoms with van der Waals surface area (Å²) in [5.74, 6) is 0.430. The SMILES string of the molecule is COc1cc(C=[NH+]NC(N)=S)cc(Br)c1O. The van der Waals surface area contributed by atoms with E-state index in [9.17, 15) is 5.11 Å². The number of hydrazine groups is 1. The van der Waals surface area contributed by atoms with Crippen LogP contribution in [0.2, 0.25) is 0 Å². The molecule has 0 saturated heterocycles. The van der Waals surface area contributed by atoms with Gasteiger partial charge in [-0.05, 0) is 40.3 Å². The molecule has 0 bridgehead atoms. The first-order valence-electron chi connectivity index (χ1n) is 4.25. The van der Waals surface area contributed by atoms with Crippen LogP contribution >= 0.6 is 28.1 Å². The lowest BCUT2D eigenvalue weighted by molar-refractivity contribution is -0.499. The van der Waals surface area contributed by atoms with Crippen LogP contribution in [0, 0.1) is 0 Å². The van der Waals surface area contributed by atoms with Gasteiger partial charge in [0.15, 0.2) is 17.7 Å². The normalized spacial score (nSPS) is 10.4. The number of nitrogens with two attached hydrogens (primary N) is 1. The molecule has 1 rings (SSSR count). The monoisotopic (exact) mass is 304 g/mol. The molecule has 0 atom stereocenters. The molecule has 0 fully saturated rings. The van der Waals surface area contributed by atoms with E-state index in [2.05, 4.69) is 38.7 Å². The summed E-state index contributed by atoms with van der Waals surface area (Å²) in [5.41, 5.74) is 8.56. The Balaban J connectivity index is 2.93. The lowest BCUT2D eigenvalue weighted by Gasteiger charge is -2.04. The molecule has 86 valence electrons. The van der Waals surface area contributed by atoms with Crippen LogP contribution in [-0.4, -0.2) is 23.5 Å². The van der Waals surface area contributed by atoms with Gasteiger partial charge in [0, 0.05) is 5.56 Å². The summed E-state index contributed by atoms with van der Waals surface area (Å²) in [6, 6.07) is 3.38. The first kappa shape index (κ1) is 12.7. The highest BCUT2D eigenvalue weighted by atomic mass is 79.9. The first-order chi connectivity index (χ1) is 7.54. The molecule has 1 aromatic rings. The van der Waals surface area contributed by atoms with Gasteiger partial charge in [-0.2, -0.15) is 0 Å². The first-order valence-corrected chi connectivity index (χ1v) is 5.45. The maximum absolute atomic E-state index is 9.57. The van der Waals surface area contributed by atoms with E-state index in [-0.39, 0.29) is 10.9 Å². The molecule has 0 heterocycles. The Bertz CT molecular complexity index is 437. The lowest BCUT2D eigenvalue weighted by atomic mass is 10.2. The Labute approximate surface area is 106 Å². The van der Waals surface area contributed by atoms with E-state index in [1.807, 2.05) is 0 Å². The van der Waals surface area contributed by atoms with Crippen molar-refractivity contribution in [3.05, 3.63) is 22.2 Å². The number of phenols is 1. The van der Waals surface area contributed by atoms with Crippen molar-refractivity contribution in [2.75, 3.05) is 7.11 Å². The van der Waals surface area contributed by atoms with Crippen LogP contribution in [0.4, 0.5) is 0 Å². The van der Waals surface area contributed by atoms with E-state index in [0.717, 1.165) is 5.56 Å². The molecule has 0 radical (unpaired) electrons. The van der Waals surface area contributed by atoms with E-state index < -0.39 is 0 Å². The molecular formula is C9H11BrN3O2S+. The molecule has 0 aliphatic carbocycles. The second kappa shape index (κ2) is 5.66. The zero-order chi connectivity index (χ0) is 12.1. The molecule has 16 heavy (non-hydrogen) atoms. The van der Waals surface area contributed by atoms with E-state index >= 15 is 0 Å². The van der Waals surface area contributed by atoms with E-state index in [1.54, 1.807) is 18.3 Å². The maximum atomic E-state index is 9.57. The average Bonchev–Trinajstić information content (AvgIpc) is 2.22. The highest BCUT2D eigenvalue weighted by Gasteiger charge is 2.08. The Hall–Kier alpha value is -1.34. The van der Waals surface area contributed by atoms with Crippen LogP contribution in [-0.2, 0) is 0 Å². The molecule has 0 aromatic heterocycles. The topological polar surface area (TPSA) is 81.5 Å². The van der Waals surface area contributed by atoms with Gasteiger partial charge in [0.25, 0.3) is 0 Å². The van der Waals surface area contributed by atoms with Crippen molar-refractivity contribution >= 4 is 39.5 Å². The second-order valence-corrected chi connectivity index (χ2v) is 4.13. The number of hydrogen-bond acceptors (Lipinski definition) is 3. The summed E-state index contributed by atoms with van der Waals surface area (Å²) in [6.45, 7) is 0. The molecule has 0 aliphatic rings. The van der Waals surface area contributed by atoms with Gasteiger partial charge in [0.2, 0.25) is 5.11 Å². The molecule has 5 nitrogen and oxygen atoms in total. The molecule has 0 unspecified atom stereocenters. The van der Waals surface area contributed by atoms with Gasteiger partial charge < -0.3 is 15.6 Å². The van der Waals surface area contributed by atoms with E-state index in [4.69, 9.17) is 10.5 Å². The largest absolute Gasteiger partial charge is 0.503 e. The number of rotatable bonds is 3. The fourth-order valence-electron chi connectivity index (χ4n) is 1.02. The Morgan fingerprint density at radius 2 is 2.38 bits per heavy atom. The molecular weight excluding hydrogens is 294 g/mol. The van der Waals surface area contributed by atoms with Crippen molar-refractivity contribution in [2.45, 2.75) is 0 Å². The lowest BCUT2D eigenvalue weighted by Crippen LogP contribution is -2.82. The molecule has 0 amide bonds. The van der Waals surface area contributed by atoms with Crippen molar-refractivity contribution in [3.63, 3.8) is 0 Å². The maximum Gasteiger partial charge on any atom is 0.221 e. The second-order valence-electron chi connectivity index (χ2n) is 2.83. The van der Waals surface area contributed by atoms with Gasteiger partial charge in [-0.25, -0.2) is 0 Å². The summed E-state index contributed by atoms with van der Waals surface area (Å²) in [7, 11) is 1.48. The fourth-order valence-corrected chi connectivity index (χ4v) is 1.54. The molecule has 0 aliphatic heterocycles. The Morgan fingerprint density at radius 1 is 1.69 bits per heavy atom. The number of thiocarbonyl (C=S) groups is 1. The number of phenolic OH excluding ortho intramolecular Hbond substituents is 1. The predicted molar refractivity (Wildman–Crippen MR) is 68.4 cm³/mol. The minimum absolute atomic E-state index is 0.0574. The summed E-state index contributed by atoms with van der Waals surface area (Å²) in [6.07, 6.45) is 1.63. The molecule has 7 heteroatoms. The van der Waals surface area contributed by atoms with Crippen LogP contribution in [0.3, 0.4) is 0 Å². The van der Waals surface area contributed by atoms with Crippen molar-refractivity contribution < 1.29 is 14.9 Å². The summed E-state index contributed by atoms with van der Waals surface area (Å²) >= 11 is 7.83. The number of hydrogen-bond donors (Lipinski definition) is 4. The van der Waals surface area contributed by atoms with Crippen molar-refractivity contribution in [1.29, 1.82) is 0 Å².